The van der Waals surface area contributed by atoms with E-state index in [0.717, 1.165) is 44.7 Å². The maximum Gasteiger partial charge on any atom is 0.319 e. The Bertz CT molecular complexity index is 572. The molecule has 0 radical (unpaired) electrons. The zero-order valence-electron chi connectivity index (χ0n) is 14.5. The summed E-state index contributed by atoms with van der Waals surface area (Å²) >= 11 is 0. The topological polar surface area (TPSA) is 73.5 Å². The quantitative estimate of drug-likeness (QED) is 0.763. The molecular weight excluding hydrogens is 340 g/mol. The van der Waals surface area contributed by atoms with Crippen molar-refractivity contribution in [3.8, 4) is 0 Å². The van der Waals surface area contributed by atoms with Crippen LogP contribution in [-0.2, 0) is 4.79 Å². The molecule has 138 valence electrons. The fourth-order valence-corrected chi connectivity index (χ4v) is 3.27. The van der Waals surface area contributed by atoms with E-state index >= 15 is 0 Å². The lowest BCUT2D eigenvalue weighted by Crippen LogP contribution is -2.53. The van der Waals surface area contributed by atoms with Crippen LogP contribution in [-0.4, -0.2) is 49.1 Å². The highest BCUT2D eigenvalue weighted by atomic mass is 35.5. The molecule has 2 fully saturated rings. The highest BCUT2D eigenvalue weighted by molar-refractivity contribution is 5.89. The molecule has 25 heavy (non-hydrogen) atoms. The molecule has 3 N–H and O–H groups in total. The number of rotatable bonds is 4. The Morgan fingerprint density at radius 1 is 1.16 bits per heavy atom. The van der Waals surface area contributed by atoms with Crippen molar-refractivity contribution in [3.05, 3.63) is 30.3 Å². The number of hydrogen-bond donors (Lipinski definition) is 3. The van der Waals surface area contributed by atoms with Crippen molar-refractivity contribution in [1.29, 1.82) is 0 Å². The number of likely N-dealkylation sites (tertiary alicyclic amines) is 1. The number of carbonyl (C=O) groups excluding carboxylic acids is 2. The van der Waals surface area contributed by atoms with E-state index in [1.54, 1.807) is 0 Å². The second-order valence-corrected chi connectivity index (χ2v) is 6.77. The van der Waals surface area contributed by atoms with Crippen LogP contribution in [0.1, 0.15) is 19.8 Å². The molecule has 0 aliphatic carbocycles. The van der Waals surface area contributed by atoms with Gasteiger partial charge in [-0.3, -0.25) is 4.79 Å². The molecule has 0 spiro atoms. The first-order chi connectivity index (χ1) is 11.6. The lowest BCUT2D eigenvalue weighted by Gasteiger charge is -2.38. The van der Waals surface area contributed by atoms with Gasteiger partial charge in [-0.1, -0.05) is 25.1 Å². The second-order valence-electron chi connectivity index (χ2n) is 6.77. The molecule has 0 bridgehead atoms. The van der Waals surface area contributed by atoms with Crippen molar-refractivity contribution in [1.82, 2.24) is 15.5 Å². The number of anilines is 1. The lowest BCUT2D eigenvalue weighted by atomic mass is 9.87. The van der Waals surface area contributed by atoms with Gasteiger partial charge in [0.1, 0.15) is 0 Å². The summed E-state index contributed by atoms with van der Waals surface area (Å²) in [4.78, 5) is 26.5. The zero-order valence-corrected chi connectivity index (χ0v) is 15.3. The van der Waals surface area contributed by atoms with E-state index in [4.69, 9.17) is 0 Å². The summed E-state index contributed by atoms with van der Waals surface area (Å²) in [7, 11) is 0. The lowest BCUT2D eigenvalue weighted by molar-refractivity contribution is -0.138. The minimum absolute atomic E-state index is 0. The number of hydrogen-bond acceptors (Lipinski definition) is 3. The van der Waals surface area contributed by atoms with Gasteiger partial charge in [-0.15, -0.1) is 12.4 Å². The molecule has 3 rings (SSSR count). The van der Waals surface area contributed by atoms with Crippen LogP contribution in [0.15, 0.2) is 30.3 Å². The van der Waals surface area contributed by atoms with Crippen molar-refractivity contribution >= 4 is 30.0 Å². The van der Waals surface area contributed by atoms with Crippen LogP contribution in [0, 0.1) is 11.8 Å². The molecule has 3 amide bonds. The molecule has 1 aromatic rings. The zero-order chi connectivity index (χ0) is 16.9. The summed E-state index contributed by atoms with van der Waals surface area (Å²) in [5.74, 6) is 0.829. The van der Waals surface area contributed by atoms with Crippen LogP contribution in [0.4, 0.5) is 10.5 Å². The molecule has 0 aromatic heterocycles. The molecule has 6 nitrogen and oxygen atoms in total. The van der Waals surface area contributed by atoms with Gasteiger partial charge in [0.2, 0.25) is 5.91 Å². The fraction of sp³-hybridized carbons (Fsp3) is 0.556. The first-order valence-corrected chi connectivity index (χ1v) is 8.75. The van der Waals surface area contributed by atoms with Gasteiger partial charge in [-0.25, -0.2) is 4.79 Å². The number of amides is 3. The fourth-order valence-electron chi connectivity index (χ4n) is 3.27. The molecule has 2 heterocycles. The summed E-state index contributed by atoms with van der Waals surface area (Å²) in [6, 6.07) is 9.35. The van der Waals surface area contributed by atoms with E-state index in [2.05, 4.69) is 16.0 Å². The first kappa shape index (κ1) is 19.5. The summed E-state index contributed by atoms with van der Waals surface area (Å²) < 4.78 is 0. The number of para-hydroxylation sites is 1. The highest BCUT2D eigenvalue weighted by Crippen LogP contribution is 2.21. The number of piperidine rings is 1. The van der Waals surface area contributed by atoms with Gasteiger partial charge >= 0.3 is 6.03 Å². The smallest absolute Gasteiger partial charge is 0.319 e. The van der Waals surface area contributed by atoms with Crippen LogP contribution in [0.2, 0.25) is 0 Å². The molecule has 1 atom stereocenters. The molecule has 1 aromatic carbocycles. The second kappa shape index (κ2) is 9.06. The molecule has 2 saturated heterocycles. The third kappa shape index (κ3) is 5.09. The van der Waals surface area contributed by atoms with E-state index in [1.807, 2.05) is 42.2 Å². The summed E-state index contributed by atoms with van der Waals surface area (Å²) in [5, 5.41) is 9.06. The van der Waals surface area contributed by atoms with Crippen LogP contribution in [0.3, 0.4) is 0 Å². The van der Waals surface area contributed by atoms with Gasteiger partial charge in [-0.05, 0) is 44.0 Å². The third-order valence-electron chi connectivity index (χ3n) is 5.08. The summed E-state index contributed by atoms with van der Waals surface area (Å²) in [5.41, 5.74) is 0.783. The third-order valence-corrected chi connectivity index (χ3v) is 5.08. The Morgan fingerprint density at radius 2 is 1.80 bits per heavy atom. The van der Waals surface area contributed by atoms with Crippen molar-refractivity contribution in [2.45, 2.75) is 25.8 Å². The molecule has 2 aliphatic rings. The predicted molar refractivity (Wildman–Crippen MR) is 101 cm³/mol. The van der Waals surface area contributed by atoms with Crippen LogP contribution in [0.5, 0.6) is 0 Å². The number of halogens is 1. The van der Waals surface area contributed by atoms with Crippen molar-refractivity contribution < 1.29 is 9.59 Å². The van der Waals surface area contributed by atoms with Gasteiger partial charge in [0.15, 0.2) is 0 Å². The van der Waals surface area contributed by atoms with E-state index in [1.165, 1.54) is 0 Å². The average Bonchev–Trinajstić information content (AvgIpc) is 2.54. The monoisotopic (exact) mass is 366 g/mol. The molecule has 7 heteroatoms. The maximum absolute atomic E-state index is 12.5. The summed E-state index contributed by atoms with van der Waals surface area (Å²) in [6.45, 7) is 5.37. The van der Waals surface area contributed by atoms with Crippen LogP contribution in [0.25, 0.3) is 0 Å². The van der Waals surface area contributed by atoms with Gasteiger partial charge in [0.05, 0.1) is 0 Å². The highest BCUT2D eigenvalue weighted by Gasteiger charge is 2.33. The molecular formula is C18H27ClN4O2. The van der Waals surface area contributed by atoms with Gasteiger partial charge in [0, 0.05) is 30.7 Å². The maximum atomic E-state index is 12.5. The number of carbonyl (C=O) groups is 2. The Hall–Kier alpha value is -1.79. The predicted octanol–water partition coefficient (Wildman–Crippen LogP) is 2.08. The molecule has 0 saturated carbocycles. The minimum atomic E-state index is -0.181. The van der Waals surface area contributed by atoms with Gasteiger partial charge in [0.25, 0.3) is 0 Å². The largest absolute Gasteiger partial charge is 0.342 e. The SMILES string of the molecule is CC(C(=O)N1CCC(NC(=O)Nc2ccccc2)CC1)C1CNC1.Cl. The standard InChI is InChI=1S/C18H26N4O2.ClH/c1-13(14-11-19-12-14)17(23)22-9-7-16(8-10-22)21-18(24)20-15-5-3-2-4-6-15;/h2-6,13-14,16,19H,7-12H2,1H3,(H2,20,21,24);1H. The number of urea groups is 1. The van der Waals surface area contributed by atoms with Crippen molar-refractivity contribution in [2.75, 3.05) is 31.5 Å². The van der Waals surface area contributed by atoms with Crippen LogP contribution >= 0.6 is 12.4 Å². The summed E-state index contributed by atoms with van der Waals surface area (Å²) in [6.07, 6.45) is 1.62. The molecule has 1 unspecified atom stereocenters. The Kier molecular flexibility index (Phi) is 7.08. The Balaban J connectivity index is 0.00000225. The normalized spacial score (nSPS) is 19.3. The number of benzene rings is 1. The van der Waals surface area contributed by atoms with E-state index in [0.29, 0.717) is 5.92 Å². The molecule has 2 aliphatic heterocycles. The van der Waals surface area contributed by atoms with E-state index in [-0.39, 0.29) is 36.3 Å². The Morgan fingerprint density at radius 3 is 2.36 bits per heavy atom. The minimum Gasteiger partial charge on any atom is -0.342 e. The van der Waals surface area contributed by atoms with Gasteiger partial charge in [-0.2, -0.15) is 0 Å². The van der Waals surface area contributed by atoms with Crippen LogP contribution < -0.4 is 16.0 Å². The van der Waals surface area contributed by atoms with Crippen molar-refractivity contribution in [2.24, 2.45) is 11.8 Å². The van der Waals surface area contributed by atoms with Crippen molar-refractivity contribution in [3.63, 3.8) is 0 Å². The van der Waals surface area contributed by atoms with E-state index < -0.39 is 0 Å². The average molecular weight is 367 g/mol. The first-order valence-electron chi connectivity index (χ1n) is 8.75. The van der Waals surface area contributed by atoms with Gasteiger partial charge < -0.3 is 20.9 Å². The number of nitrogens with zero attached hydrogens (tertiary/aromatic N) is 1. The van der Waals surface area contributed by atoms with E-state index in [9.17, 15) is 9.59 Å². The Labute approximate surface area is 155 Å². The number of nitrogens with one attached hydrogen (secondary N) is 3.